The van der Waals surface area contributed by atoms with E-state index in [0.29, 0.717) is 0 Å². The zero-order valence-corrected chi connectivity index (χ0v) is 41.6. The van der Waals surface area contributed by atoms with Crippen LogP contribution in [0.1, 0.15) is 71.9 Å². The molecule has 0 aliphatic carbocycles. The van der Waals surface area contributed by atoms with E-state index in [1.54, 1.807) is 12.2 Å². The van der Waals surface area contributed by atoms with Crippen LogP contribution in [0.2, 0.25) is 0 Å². The summed E-state index contributed by atoms with van der Waals surface area (Å²) < 4.78 is 60.8. The molecule has 6 N–H and O–H groups in total. The predicted molar refractivity (Wildman–Crippen MR) is 246 cm³/mol. The second-order valence-corrected chi connectivity index (χ2v) is 20.7. The Morgan fingerprint density at radius 2 is 1.55 bits per heavy atom. The number of amides is 2. The number of nitrogens with one attached hydrogen (secondary N) is 2. The van der Waals surface area contributed by atoms with Crippen LogP contribution in [-0.2, 0) is 50.7 Å². The molecule has 24 nitrogen and oxygen atoms in total. The fraction of sp³-hybridized carbons (Fsp3) is 0.512. The van der Waals surface area contributed by atoms with Crippen molar-refractivity contribution in [2.45, 2.75) is 96.4 Å². The van der Waals surface area contributed by atoms with Gasteiger partial charge >= 0.3 is 0 Å². The number of hydrogen-bond donors (Lipinski definition) is 5. The number of aliphatic hydroxyl groups excluding tert-OH is 2. The van der Waals surface area contributed by atoms with Gasteiger partial charge in [0.05, 0.1) is 27.4 Å². The third-order valence-electron chi connectivity index (χ3n) is 9.42. The minimum Gasteiger partial charge on any atom is -0.790 e. The molecule has 7 atom stereocenters. The number of thioether (sulfide) groups is 1. The number of allylic oxidation sites excluding steroid dienone is 11. The number of unbranched alkanes of at least 4 members (excludes halogenated alkanes) is 1. The second-order valence-electron chi connectivity index (χ2n) is 15.5. The second kappa shape index (κ2) is 29.4. The van der Waals surface area contributed by atoms with Gasteiger partial charge in [0.25, 0.3) is 15.6 Å². The van der Waals surface area contributed by atoms with Crippen LogP contribution in [0, 0.1) is 5.41 Å². The number of anilines is 1. The number of nitrogens with zero attached hydrogens (tertiary/aromatic N) is 4. The highest BCUT2D eigenvalue weighted by molar-refractivity contribution is 8.14. The molecule has 1 aliphatic heterocycles. The maximum atomic E-state index is 12.6. The van der Waals surface area contributed by atoms with Crippen molar-refractivity contribution in [1.82, 2.24) is 30.2 Å². The van der Waals surface area contributed by atoms with Crippen LogP contribution in [0.15, 0.2) is 85.6 Å². The van der Waals surface area contributed by atoms with Gasteiger partial charge in [-0.3, -0.25) is 28.1 Å². The van der Waals surface area contributed by atoms with Crippen LogP contribution in [0.25, 0.3) is 11.2 Å². The van der Waals surface area contributed by atoms with Gasteiger partial charge in [0, 0.05) is 30.7 Å². The Morgan fingerprint density at radius 3 is 2.22 bits per heavy atom. The molecule has 69 heavy (non-hydrogen) atoms. The van der Waals surface area contributed by atoms with Crippen molar-refractivity contribution in [2.24, 2.45) is 5.41 Å². The number of nitrogen functional groups attached to an aromatic ring is 1. The molecule has 1 aliphatic rings. The smallest absolute Gasteiger partial charge is 0.274 e. The van der Waals surface area contributed by atoms with Crippen LogP contribution in [-0.4, -0.2) is 103 Å². The van der Waals surface area contributed by atoms with E-state index in [1.807, 2.05) is 6.08 Å². The Labute approximate surface area is 403 Å². The fourth-order valence-electron chi connectivity index (χ4n) is 5.91. The first-order valence-corrected chi connectivity index (χ1v) is 26.8. The summed E-state index contributed by atoms with van der Waals surface area (Å²) in [5, 5.41) is 26.1. The van der Waals surface area contributed by atoms with Crippen molar-refractivity contribution >= 4 is 69.1 Å². The molecule has 2 amide bonds. The van der Waals surface area contributed by atoms with Crippen molar-refractivity contribution in [1.29, 1.82) is 0 Å². The molecule has 0 bridgehead atoms. The van der Waals surface area contributed by atoms with E-state index in [4.69, 9.17) is 10.5 Å². The highest BCUT2D eigenvalue weighted by Gasteiger charge is 2.47. The number of carbonyl (C=O) groups excluding carboxylic acids is 3. The quantitative estimate of drug-likeness (QED) is 0.0236. The fourth-order valence-corrected chi connectivity index (χ4v) is 9.22. The molecule has 0 radical (unpaired) electrons. The number of ether oxygens (including phenoxy) is 1. The number of fused-ring (bicyclic) bond motifs is 1. The lowest BCUT2D eigenvalue weighted by atomic mass is 9.87. The maximum Gasteiger partial charge on any atom is 0.274 e. The predicted octanol–water partition coefficient (Wildman–Crippen LogP) is 1.83. The van der Waals surface area contributed by atoms with Gasteiger partial charge < -0.3 is 69.0 Å². The van der Waals surface area contributed by atoms with E-state index < -0.39 is 84.6 Å². The molecule has 0 spiro atoms. The van der Waals surface area contributed by atoms with Crippen molar-refractivity contribution < 1.29 is 80.5 Å². The van der Waals surface area contributed by atoms with Gasteiger partial charge in [0.1, 0.15) is 36.3 Å². The minimum atomic E-state index is -5.93. The normalized spacial score (nSPS) is 20.5. The van der Waals surface area contributed by atoms with Gasteiger partial charge in [-0.2, -0.15) is 0 Å². The van der Waals surface area contributed by atoms with Crippen molar-refractivity contribution in [3.63, 3.8) is 0 Å². The summed E-state index contributed by atoms with van der Waals surface area (Å²) in [7, 11) is -17.6. The molecule has 0 aromatic carbocycles. The number of phosphoric ester groups is 3. The van der Waals surface area contributed by atoms with Gasteiger partial charge in [-0.1, -0.05) is 99.4 Å². The summed E-state index contributed by atoms with van der Waals surface area (Å²) in [6.45, 7) is 2.14. The molecule has 2 aromatic heterocycles. The van der Waals surface area contributed by atoms with Crippen LogP contribution in [0.5, 0.6) is 0 Å². The molecule has 28 heteroatoms. The lowest BCUT2D eigenvalue weighted by molar-refractivity contribution is -0.347. The number of aromatic nitrogens is 4. The van der Waals surface area contributed by atoms with Gasteiger partial charge in [-0.05, 0) is 44.6 Å². The molecular formula is C41H58N7O17P3S-4. The Balaban J connectivity index is 1.32. The number of rotatable bonds is 31. The van der Waals surface area contributed by atoms with Crippen LogP contribution < -0.4 is 35.9 Å². The van der Waals surface area contributed by atoms with E-state index in [9.17, 15) is 57.9 Å². The molecule has 3 heterocycles. The number of aliphatic hydroxyl groups is 2. The number of hydrogen-bond acceptors (Lipinski definition) is 22. The molecule has 1 saturated heterocycles. The first-order chi connectivity index (χ1) is 32.6. The molecule has 2 aromatic rings. The Kier molecular flexibility index (Phi) is 25.2. The van der Waals surface area contributed by atoms with Crippen molar-refractivity contribution in [3.05, 3.63) is 85.6 Å². The maximum absolute atomic E-state index is 12.6. The summed E-state index contributed by atoms with van der Waals surface area (Å²) in [6, 6.07) is 0. The summed E-state index contributed by atoms with van der Waals surface area (Å²) in [4.78, 5) is 96.7. The number of nitrogens with two attached hydrogens (primary N) is 1. The van der Waals surface area contributed by atoms with Crippen LogP contribution in [0.3, 0.4) is 0 Å². The third-order valence-corrected chi connectivity index (χ3v) is 13.3. The topological polar surface area (TPSA) is 375 Å². The zero-order chi connectivity index (χ0) is 51.1. The number of carbonyl (C=O) groups is 3. The molecule has 3 rings (SSSR count). The Bertz CT molecular complexity index is 2320. The van der Waals surface area contributed by atoms with Gasteiger partial charge in [-0.25, -0.2) is 19.3 Å². The lowest BCUT2D eigenvalue weighted by Crippen LogP contribution is -2.46. The van der Waals surface area contributed by atoms with E-state index >= 15 is 0 Å². The molecular weight excluding hydrogens is 987 g/mol. The van der Waals surface area contributed by atoms with E-state index in [0.717, 1.165) is 67.5 Å². The lowest BCUT2D eigenvalue weighted by Gasteiger charge is -2.36. The van der Waals surface area contributed by atoms with Gasteiger partial charge in [0.2, 0.25) is 16.9 Å². The molecule has 2 unspecified atom stereocenters. The van der Waals surface area contributed by atoms with E-state index in [2.05, 4.69) is 99.0 Å². The Morgan fingerprint density at radius 1 is 0.913 bits per heavy atom. The highest BCUT2D eigenvalue weighted by atomic mass is 32.2. The first-order valence-electron chi connectivity index (χ1n) is 21.5. The minimum absolute atomic E-state index is 0.0237. The SMILES string of the molecule is CC/C=C\C/C=C\C/C=C\C/C=C\CC/C=C/C=C/C(=O)SCCNC(=O)CCNC(=O)[C@H](O)C(C)(C)COP(=O)([O-])OP(=O)([O-])OC[C@H]1O[C@@H](n2cnc3c(N)ncnc32)[C@H](O)[C@@H]1OP(=O)([O-])[O-]. The molecule has 384 valence electrons. The largest absolute Gasteiger partial charge is 0.790 e. The van der Waals surface area contributed by atoms with Crippen molar-refractivity contribution in [3.8, 4) is 0 Å². The average Bonchev–Trinajstić information content (AvgIpc) is 3.84. The monoisotopic (exact) mass is 1050 g/mol. The Hall–Kier alpha value is -4.00. The third kappa shape index (κ3) is 22.3. The zero-order valence-electron chi connectivity index (χ0n) is 38.1. The molecule has 1 fully saturated rings. The van der Waals surface area contributed by atoms with Gasteiger partial charge in [0.15, 0.2) is 17.7 Å². The summed E-state index contributed by atoms with van der Waals surface area (Å²) in [5.74, 6) is -1.29. The number of imidazole rings is 1. The summed E-state index contributed by atoms with van der Waals surface area (Å²) >= 11 is 1.00. The summed E-state index contributed by atoms with van der Waals surface area (Å²) in [5.41, 5.74) is 4.06. The van der Waals surface area contributed by atoms with Crippen LogP contribution >= 0.6 is 35.2 Å². The van der Waals surface area contributed by atoms with Crippen LogP contribution in [0.4, 0.5) is 5.82 Å². The van der Waals surface area contributed by atoms with E-state index in [-0.39, 0.29) is 47.4 Å². The van der Waals surface area contributed by atoms with E-state index in [1.165, 1.54) is 19.9 Å². The van der Waals surface area contributed by atoms with Gasteiger partial charge in [-0.15, -0.1) is 0 Å². The van der Waals surface area contributed by atoms with Crippen molar-refractivity contribution in [2.75, 3.05) is 37.8 Å². The standard InChI is InChI=1S/C41H62N7O17P3S/c1-4-5-6-7-8-9-10-11-12-13-14-15-16-17-18-19-20-21-32(50)69-25-24-43-31(49)22-23-44-39(53)36(52)41(2,3)27-62-68(59,60)65-67(57,58)61-26-30-35(64-66(54,55)56)34(51)40(63-30)48-29-47-33-37(42)45-28-46-38(33)48/h5-6,8-9,11-12,14-15,18-21,28-30,34-36,40,51-52H,4,7,10,13,16-17,22-27H2,1-3H3,(H,43,49)(H,44,53)(H,57,58)(H,59,60)(H2,42,45,46)(H2,54,55,56)/p-4/b6-5-,9-8-,12-11-,15-14-,19-18+,21-20+/t30-,34-,35-,36+,40-/m1/s1. The number of phosphoric acid groups is 3. The molecule has 0 saturated carbocycles. The summed E-state index contributed by atoms with van der Waals surface area (Å²) in [6.07, 6.45) is 21.8. The average molecular weight is 1050 g/mol. The first kappa shape index (κ1) is 59.3. The highest BCUT2D eigenvalue weighted by Crippen LogP contribution is 2.56.